The van der Waals surface area contributed by atoms with Crippen LogP contribution in [0.25, 0.3) is 0 Å². The van der Waals surface area contributed by atoms with Gasteiger partial charge in [-0.25, -0.2) is 9.59 Å². The number of amides is 13. The Balaban J connectivity index is 2.07. The SMILES string of the molecule is CC[C@@H](C(=O)N(C)[C@H](C)C(=O)N(C)[C@@H](CC(C)C)C(=O)N[C@H](C(=O)N(C)[C@@H](CC(C)C)C(=O)N[C@H](C)C(=O)NC(=O)NC)C(C)C)N1C(=O)[C@@H](N(C)C(=O)N(C)C(=O)[C@H](CC(C)C)N(C)C(=O)CCC(C)C)[C@H](OC(C)C)[C@H]1CC1=NCCN1CCN1CCCC1. The van der Waals surface area contributed by atoms with Crippen LogP contribution in [0.5, 0.6) is 0 Å². The van der Waals surface area contributed by atoms with E-state index in [2.05, 4.69) is 31.1 Å². The highest BCUT2D eigenvalue weighted by atomic mass is 16.5. The van der Waals surface area contributed by atoms with E-state index in [0.29, 0.717) is 26.1 Å². The Morgan fingerprint density at radius 1 is 0.626 bits per heavy atom. The Morgan fingerprint density at radius 3 is 1.67 bits per heavy atom. The lowest BCUT2D eigenvalue weighted by Crippen LogP contribution is -2.61. The fraction of sp³-hybridized carbons (Fsp3) is 0.815. The van der Waals surface area contributed by atoms with E-state index in [1.54, 1.807) is 27.8 Å². The zero-order valence-electron chi connectivity index (χ0n) is 59.2. The van der Waals surface area contributed by atoms with Crippen molar-refractivity contribution in [2.24, 2.45) is 34.6 Å². The Bertz CT molecular complexity index is 2540. The van der Waals surface area contributed by atoms with Gasteiger partial charge in [0.15, 0.2) is 0 Å². The summed E-state index contributed by atoms with van der Waals surface area (Å²) in [7, 11) is 10.1. The number of rotatable bonds is 33. The van der Waals surface area contributed by atoms with Gasteiger partial charge in [-0.3, -0.25) is 58.4 Å². The Kier molecular flexibility index (Phi) is 31.3. The van der Waals surface area contributed by atoms with Crippen LogP contribution in [0.15, 0.2) is 4.99 Å². The molecular formula is C65H116N14O12. The number of hydrogen-bond acceptors (Lipinski definition) is 15. The number of urea groups is 2. The molecule has 0 aromatic rings. The largest absolute Gasteiger partial charge is 0.371 e. The molecule has 4 N–H and O–H groups in total. The van der Waals surface area contributed by atoms with E-state index in [-0.39, 0.29) is 68.1 Å². The highest BCUT2D eigenvalue weighted by molar-refractivity contribution is 6.02. The van der Waals surface area contributed by atoms with Gasteiger partial charge in [0.2, 0.25) is 47.3 Å². The maximum absolute atomic E-state index is 15.7. The fourth-order valence-electron chi connectivity index (χ4n) is 12.1. The van der Waals surface area contributed by atoms with Crippen LogP contribution < -0.4 is 21.3 Å². The number of carbonyl (C=O) groups is 11. The lowest BCUT2D eigenvalue weighted by atomic mass is 9.96. The van der Waals surface area contributed by atoms with Gasteiger partial charge in [0.25, 0.3) is 5.91 Å². The van der Waals surface area contributed by atoms with Crippen LogP contribution in [-0.4, -0.2) is 270 Å². The van der Waals surface area contributed by atoms with Crippen LogP contribution in [0.2, 0.25) is 0 Å². The molecule has 0 aromatic carbocycles. The normalized spacial score (nSPS) is 19.2. The number of nitrogens with one attached hydrogen (secondary N) is 4. The van der Waals surface area contributed by atoms with Gasteiger partial charge in [0, 0.05) is 81.8 Å². The van der Waals surface area contributed by atoms with Crippen LogP contribution in [0, 0.1) is 29.6 Å². The lowest BCUT2D eigenvalue weighted by Gasteiger charge is -2.39. The minimum Gasteiger partial charge on any atom is -0.371 e. The third-order valence-corrected chi connectivity index (χ3v) is 17.8. The lowest BCUT2D eigenvalue weighted by molar-refractivity contribution is -0.152. The Hall–Kier alpha value is -6.44. The molecule has 13 amide bonds. The molecule has 3 rings (SSSR count). The number of ether oxygens (including phenoxy) is 1. The molecule has 26 nitrogen and oxygen atoms in total. The molecule has 0 bridgehead atoms. The standard InChI is InChI=1S/C65H116N14O12/c1-23-46(60(85)71(17)45(15)59(84)73(19)49(35-40(6)7)58(83)69-53(42(10)11)62(87)74(20)48(34-39(4)5)57(82)68-44(14)56(81)70-64(89)66-16)79-47(37-51-67-28-31-78(51)33-32-77-29-24-25-30-77)55(91-43(12)13)54(63(79)88)75(21)65(90)76(22)61(86)50(36-41(8)9)72(18)52(80)27-26-38(2)3/h38-50,53-55H,23-37H2,1-22H3,(H,68,82)(H,69,83)(H2,66,70,81,89)/t44-,45-,46+,47-,48+,49+,50+,53+,54+,55-/m1/s1. The van der Waals surface area contributed by atoms with Crippen molar-refractivity contribution < 1.29 is 57.5 Å². The van der Waals surface area contributed by atoms with Gasteiger partial charge in [-0.2, -0.15) is 0 Å². The highest BCUT2D eigenvalue weighted by Crippen LogP contribution is 2.35. The minimum absolute atomic E-state index is 0.0248. The Labute approximate surface area is 543 Å². The van der Waals surface area contributed by atoms with Gasteiger partial charge in [0.05, 0.1) is 18.7 Å². The number of imide groups is 2. The maximum atomic E-state index is 15.7. The summed E-state index contributed by atoms with van der Waals surface area (Å²) in [6.45, 7) is 31.9. The molecule has 3 aliphatic rings. The van der Waals surface area contributed by atoms with Crippen LogP contribution in [0.1, 0.15) is 162 Å². The average Bonchev–Trinajstić information content (AvgIpc) is 1.64. The summed E-state index contributed by atoms with van der Waals surface area (Å²) in [4.78, 5) is 175. The number of hydrogen-bond donors (Lipinski definition) is 4. The molecule has 0 radical (unpaired) electrons. The van der Waals surface area contributed by atoms with E-state index >= 15 is 9.59 Å². The highest BCUT2D eigenvalue weighted by Gasteiger charge is 2.57. The van der Waals surface area contributed by atoms with E-state index in [1.807, 2.05) is 69.2 Å². The predicted octanol–water partition coefficient (Wildman–Crippen LogP) is 3.85. The van der Waals surface area contributed by atoms with Gasteiger partial charge >= 0.3 is 12.1 Å². The summed E-state index contributed by atoms with van der Waals surface area (Å²) in [6, 6.07) is -11.8. The van der Waals surface area contributed by atoms with Crippen molar-refractivity contribution in [2.45, 2.75) is 228 Å². The van der Waals surface area contributed by atoms with Crippen LogP contribution in [0.4, 0.5) is 9.59 Å². The molecule has 2 saturated heterocycles. The van der Waals surface area contributed by atoms with E-state index in [4.69, 9.17) is 9.73 Å². The zero-order chi connectivity index (χ0) is 69.2. The predicted molar refractivity (Wildman–Crippen MR) is 350 cm³/mol. The van der Waals surface area contributed by atoms with Crippen LogP contribution >= 0.6 is 0 Å². The molecular weight excluding hydrogens is 1170 g/mol. The first-order valence-electron chi connectivity index (χ1n) is 33.1. The number of likely N-dealkylation sites (N-methyl/N-ethyl adjacent to an activating group) is 6. The first-order valence-corrected chi connectivity index (χ1v) is 33.1. The van der Waals surface area contributed by atoms with Crippen LogP contribution in [0.3, 0.4) is 0 Å². The monoisotopic (exact) mass is 1280 g/mol. The van der Waals surface area contributed by atoms with E-state index in [9.17, 15) is 43.2 Å². The first-order chi connectivity index (χ1) is 42.4. The average molecular weight is 1290 g/mol. The van der Waals surface area contributed by atoms with Crippen LogP contribution in [-0.2, 0) is 47.9 Å². The fourth-order valence-corrected chi connectivity index (χ4v) is 12.1. The second-order valence-corrected chi connectivity index (χ2v) is 27.6. The number of nitrogens with zero attached hydrogens (tertiary/aromatic N) is 10. The number of likely N-dealkylation sites (tertiary alicyclic amines) is 2. The smallest absolute Gasteiger partial charge is 0.327 e. The van der Waals surface area contributed by atoms with Gasteiger partial charge in [0.1, 0.15) is 60.3 Å². The molecule has 91 heavy (non-hydrogen) atoms. The van der Waals surface area contributed by atoms with Crippen molar-refractivity contribution in [3.05, 3.63) is 0 Å². The van der Waals surface area contributed by atoms with Gasteiger partial charge < -0.3 is 59.9 Å². The third-order valence-electron chi connectivity index (χ3n) is 17.8. The summed E-state index contributed by atoms with van der Waals surface area (Å²) >= 11 is 0. The third kappa shape index (κ3) is 21.6. The molecule has 10 atom stereocenters. The zero-order valence-corrected chi connectivity index (χ0v) is 59.2. The molecule has 0 spiro atoms. The number of carbonyl (C=O) groups excluding carboxylic acids is 11. The molecule has 518 valence electrons. The molecule has 0 aliphatic carbocycles. The van der Waals surface area contributed by atoms with Crippen molar-refractivity contribution in [3.63, 3.8) is 0 Å². The van der Waals surface area contributed by atoms with Gasteiger partial charge in [-0.05, 0) is 115 Å². The summed E-state index contributed by atoms with van der Waals surface area (Å²) in [5.74, 6) is -5.12. The van der Waals surface area contributed by atoms with Crippen molar-refractivity contribution in [1.82, 2.24) is 65.4 Å². The summed E-state index contributed by atoms with van der Waals surface area (Å²) in [5, 5.41) is 9.91. The quantitative estimate of drug-likeness (QED) is 0.0727. The molecule has 0 aromatic heterocycles. The summed E-state index contributed by atoms with van der Waals surface area (Å²) in [6.07, 6.45) is 2.42. The molecule has 3 heterocycles. The molecule has 0 unspecified atom stereocenters. The van der Waals surface area contributed by atoms with E-state index < -0.39 is 132 Å². The Morgan fingerprint density at radius 2 is 1.16 bits per heavy atom. The first kappa shape index (κ1) is 78.8. The van der Waals surface area contributed by atoms with Crippen molar-refractivity contribution in [2.75, 3.05) is 88.6 Å². The van der Waals surface area contributed by atoms with Crippen molar-refractivity contribution in [1.29, 1.82) is 0 Å². The number of aliphatic imine (C=N–C) groups is 1. The second kappa shape index (κ2) is 36.1. The van der Waals surface area contributed by atoms with Crippen molar-refractivity contribution in [3.8, 4) is 0 Å². The maximum Gasteiger partial charge on any atom is 0.327 e. The number of amidine groups is 1. The molecule has 2 fully saturated rings. The minimum atomic E-state index is -1.35. The summed E-state index contributed by atoms with van der Waals surface area (Å²) in [5.41, 5.74) is 0. The topological polar surface area (TPSA) is 287 Å². The summed E-state index contributed by atoms with van der Waals surface area (Å²) < 4.78 is 6.74. The van der Waals surface area contributed by atoms with Gasteiger partial charge in [-0.1, -0.05) is 76.2 Å². The van der Waals surface area contributed by atoms with E-state index in [1.165, 1.54) is 85.5 Å². The molecule has 3 aliphatic heterocycles. The van der Waals surface area contributed by atoms with E-state index in [0.717, 1.165) is 43.2 Å². The molecule has 0 saturated carbocycles. The second-order valence-electron chi connectivity index (χ2n) is 27.6. The van der Waals surface area contributed by atoms with Crippen molar-refractivity contribution >= 4 is 71.1 Å². The van der Waals surface area contributed by atoms with Gasteiger partial charge in [-0.15, -0.1) is 0 Å². The molecule has 26 heteroatoms.